The van der Waals surface area contributed by atoms with Crippen LogP contribution < -0.4 is 0 Å². The van der Waals surface area contributed by atoms with Gasteiger partial charge in [-0.2, -0.15) is 0 Å². The predicted molar refractivity (Wildman–Crippen MR) is 87.5 cm³/mol. The van der Waals surface area contributed by atoms with Gasteiger partial charge in [-0.25, -0.2) is 4.98 Å². The number of rotatable bonds is 3. The molecule has 1 aliphatic carbocycles. The molecular formula is C18H23N3O2. The highest BCUT2D eigenvalue weighted by atomic mass is 16.3. The third kappa shape index (κ3) is 2.53. The van der Waals surface area contributed by atoms with Gasteiger partial charge in [0.1, 0.15) is 5.82 Å². The van der Waals surface area contributed by atoms with E-state index in [1.165, 1.54) is 0 Å². The first-order valence-electron chi connectivity index (χ1n) is 8.48. The summed E-state index contributed by atoms with van der Waals surface area (Å²) in [7, 11) is 0. The Balaban J connectivity index is 1.70. The second-order valence-electron chi connectivity index (χ2n) is 7.35. The molecule has 1 aliphatic heterocycles. The monoisotopic (exact) mass is 313 g/mol. The molecule has 2 fully saturated rings. The van der Waals surface area contributed by atoms with Gasteiger partial charge in [0.15, 0.2) is 5.69 Å². The summed E-state index contributed by atoms with van der Waals surface area (Å²) < 4.78 is 2.07. The summed E-state index contributed by atoms with van der Waals surface area (Å²) >= 11 is 0. The molecule has 1 atom stereocenters. The fourth-order valence-electron chi connectivity index (χ4n) is 3.62. The lowest BCUT2D eigenvalue weighted by Gasteiger charge is -2.39. The molecule has 1 saturated carbocycles. The van der Waals surface area contributed by atoms with Gasteiger partial charge in [0.2, 0.25) is 0 Å². The highest BCUT2D eigenvalue weighted by molar-refractivity contribution is 5.99. The van der Waals surface area contributed by atoms with Gasteiger partial charge >= 0.3 is 0 Å². The van der Waals surface area contributed by atoms with Crippen molar-refractivity contribution in [2.75, 3.05) is 19.7 Å². The topological polar surface area (TPSA) is 57.8 Å². The molecule has 0 spiro atoms. The summed E-state index contributed by atoms with van der Waals surface area (Å²) in [5.41, 5.74) is 1.27. The number of imidazole rings is 1. The van der Waals surface area contributed by atoms with Crippen molar-refractivity contribution in [3.63, 3.8) is 0 Å². The fraction of sp³-hybridized carbons (Fsp3) is 0.556. The second-order valence-corrected chi connectivity index (χ2v) is 7.35. The second kappa shape index (κ2) is 5.34. The largest absolute Gasteiger partial charge is 0.396 e. The van der Waals surface area contributed by atoms with Crippen molar-refractivity contribution in [2.45, 2.75) is 38.5 Å². The SMILES string of the molecule is CC1(CO)CCCN(C(=O)c2nc(C3CC3)n3ccccc23)C1. The van der Waals surface area contributed by atoms with Crippen LogP contribution in [0.4, 0.5) is 0 Å². The average molecular weight is 313 g/mol. The molecule has 0 radical (unpaired) electrons. The molecule has 0 aromatic carbocycles. The predicted octanol–water partition coefficient (Wildman–Crippen LogP) is 2.45. The minimum absolute atomic E-state index is 0.0000231. The number of carbonyl (C=O) groups is 1. The molecule has 4 rings (SSSR count). The molecule has 1 saturated heterocycles. The lowest BCUT2D eigenvalue weighted by Crippen LogP contribution is -2.46. The van der Waals surface area contributed by atoms with E-state index < -0.39 is 0 Å². The number of hydrogen-bond acceptors (Lipinski definition) is 3. The van der Waals surface area contributed by atoms with Crippen LogP contribution in [0.1, 0.15) is 54.8 Å². The van der Waals surface area contributed by atoms with E-state index in [2.05, 4.69) is 4.40 Å². The van der Waals surface area contributed by atoms with Crippen LogP contribution in [-0.2, 0) is 0 Å². The van der Waals surface area contributed by atoms with E-state index in [1.54, 1.807) is 0 Å². The van der Waals surface area contributed by atoms with Gasteiger partial charge in [0, 0.05) is 30.6 Å². The molecule has 2 aliphatic rings. The molecule has 0 bridgehead atoms. The number of pyridine rings is 1. The van der Waals surface area contributed by atoms with Crippen LogP contribution in [0.25, 0.3) is 5.52 Å². The first kappa shape index (κ1) is 14.7. The Kier molecular flexibility index (Phi) is 3.41. The van der Waals surface area contributed by atoms with Gasteiger partial charge in [-0.15, -0.1) is 0 Å². The number of aliphatic hydroxyl groups excluding tert-OH is 1. The van der Waals surface area contributed by atoms with E-state index in [1.807, 2.05) is 36.2 Å². The van der Waals surface area contributed by atoms with E-state index in [4.69, 9.17) is 4.98 Å². The number of aliphatic hydroxyl groups is 1. The van der Waals surface area contributed by atoms with Gasteiger partial charge < -0.3 is 14.4 Å². The Bertz CT molecular complexity index is 750. The van der Waals surface area contributed by atoms with Crippen molar-refractivity contribution in [3.8, 4) is 0 Å². The van der Waals surface area contributed by atoms with E-state index >= 15 is 0 Å². The Morgan fingerprint density at radius 3 is 3.00 bits per heavy atom. The number of piperidine rings is 1. The Labute approximate surface area is 135 Å². The lowest BCUT2D eigenvalue weighted by atomic mass is 9.82. The molecule has 122 valence electrons. The Hall–Kier alpha value is -1.88. The number of carbonyl (C=O) groups excluding carboxylic acids is 1. The van der Waals surface area contributed by atoms with E-state index in [0.29, 0.717) is 18.2 Å². The van der Waals surface area contributed by atoms with Crippen LogP contribution in [0, 0.1) is 5.41 Å². The van der Waals surface area contributed by atoms with Crippen molar-refractivity contribution < 1.29 is 9.90 Å². The number of nitrogens with zero attached hydrogens (tertiary/aromatic N) is 3. The molecule has 5 heteroatoms. The smallest absolute Gasteiger partial charge is 0.274 e. The molecule has 2 aromatic heterocycles. The summed E-state index contributed by atoms with van der Waals surface area (Å²) in [6, 6.07) is 5.92. The summed E-state index contributed by atoms with van der Waals surface area (Å²) in [6.45, 7) is 3.52. The van der Waals surface area contributed by atoms with Crippen molar-refractivity contribution in [1.82, 2.24) is 14.3 Å². The zero-order chi connectivity index (χ0) is 16.0. The summed E-state index contributed by atoms with van der Waals surface area (Å²) in [5, 5.41) is 9.62. The summed E-state index contributed by atoms with van der Waals surface area (Å²) in [4.78, 5) is 19.6. The zero-order valence-corrected chi connectivity index (χ0v) is 13.5. The minimum Gasteiger partial charge on any atom is -0.396 e. The minimum atomic E-state index is -0.192. The maximum atomic E-state index is 13.0. The van der Waals surface area contributed by atoms with Crippen molar-refractivity contribution in [1.29, 1.82) is 0 Å². The average Bonchev–Trinajstić information content (AvgIpc) is 3.35. The van der Waals surface area contributed by atoms with Gasteiger partial charge in [0.05, 0.1) is 12.1 Å². The first-order chi connectivity index (χ1) is 11.1. The molecule has 1 N–H and O–H groups in total. The summed E-state index contributed by atoms with van der Waals surface area (Å²) in [6.07, 6.45) is 6.22. The molecule has 5 nitrogen and oxygen atoms in total. The van der Waals surface area contributed by atoms with Crippen molar-refractivity contribution in [3.05, 3.63) is 35.9 Å². The number of amides is 1. The number of aromatic nitrogens is 2. The Morgan fingerprint density at radius 2 is 2.26 bits per heavy atom. The van der Waals surface area contributed by atoms with Crippen LogP contribution in [0.15, 0.2) is 24.4 Å². The third-order valence-corrected chi connectivity index (χ3v) is 5.17. The number of hydrogen-bond donors (Lipinski definition) is 1. The standard InChI is InChI=1S/C18H23N3O2/c1-18(12-22)8-4-9-20(11-18)17(23)15-14-5-2-3-10-21(14)16(19-15)13-6-7-13/h2-3,5,10,13,22H,4,6-9,11-12H2,1H3. The van der Waals surface area contributed by atoms with E-state index in [0.717, 1.165) is 43.6 Å². The molecule has 2 aromatic rings. The van der Waals surface area contributed by atoms with Crippen LogP contribution in [-0.4, -0.2) is 45.0 Å². The third-order valence-electron chi connectivity index (χ3n) is 5.17. The van der Waals surface area contributed by atoms with Crippen LogP contribution in [0.2, 0.25) is 0 Å². The van der Waals surface area contributed by atoms with Crippen molar-refractivity contribution >= 4 is 11.4 Å². The highest BCUT2D eigenvalue weighted by Gasteiger charge is 2.35. The maximum absolute atomic E-state index is 13.0. The highest BCUT2D eigenvalue weighted by Crippen LogP contribution is 2.40. The van der Waals surface area contributed by atoms with Crippen molar-refractivity contribution in [2.24, 2.45) is 5.41 Å². The zero-order valence-electron chi connectivity index (χ0n) is 13.5. The molecular weight excluding hydrogens is 290 g/mol. The Morgan fingerprint density at radius 1 is 1.43 bits per heavy atom. The molecule has 23 heavy (non-hydrogen) atoms. The van der Waals surface area contributed by atoms with Crippen LogP contribution in [0.3, 0.4) is 0 Å². The molecule has 1 amide bonds. The fourth-order valence-corrected chi connectivity index (χ4v) is 3.62. The lowest BCUT2D eigenvalue weighted by molar-refractivity contribution is 0.0355. The normalized spacial score (nSPS) is 25.0. The van der Waals surface area contributed by atoms with Crippen LogP contribution in [0.5, 0.6) is 0 Å². The van der Waals surface area contributed by atoms with E-state index in [9.17, 15) is 9.90 Å². The molecule has 1 unspecified atom stereocenters. The summed E-state index contributed by atoms with van der Waals surface area (Å²) in [5.74, 6) is 1.52. The number of fused-ring (bicyclic) bond motifs is 1. The molecule has 3 heterocycles. The van der Waals surface area contributed by atoms with Gasteiger partial charge in [-0.3, -0.25) is 4.79 Å². The maximum Gasteiger partial charge on any atom is 0.274 e. The van der Waals surface area contributed by atoms with Gasteiger partial charge in [-0.05, 0) is 37.8 Å². The quantitative estimate of drug-likeness (QED) is 0.947. The van der Waals surface area contributed by atoms with Gasteiger partial charge in [0.25, 0.3) is 5.91 Å². The van der Waals surface area contributed by atoms with Crippen LogP contribution >= 0.6 is 0 Å². The van der Waals surface area contributed by atoms with E-state index in [-0.39, 0.29) is 17.9 Å². The first-order valence-corrected chi connectivity index (χ1v) is 8.48. The number of likely N-dealkylation sites (tertiary alicyclic amines) is 1. The van der Waals surface area contributed by atoms with Gasteiger partial charge in [-0.1, -0.05) is 13.0 Å².